The molecular weight excluding hydrogens is 701 g/mol. The maximum atomic E-state index is 6.20. The summed E-state index contributed by atoms with van der Waals surface area (Å²) in [6.45, 7) is 0. The van der Waals surface area contributed by atoms with Gasteiger partial charge in [-0.3, -0.25) is 0 Å². The van der Waals surface area contributed by atoms with Gasteiger partial charge < -0.3 is 4.42 Å². The summed E-state index contributed by atoms with van der Waals surface area (Å²) in [6, 6.07) is 68.6. The van der Waals surface area contributed by atoms with Crippen LogP contribution in [0.4, 0.5) is 0 Å². The molecule has 3 heterocycles. The molecule has 0 bridgehead atoms. The molecule has 0 saturated carbocycles. The van der Waals surface area contributed by atoms with E-state index in [1.807, 2.05) is 41.7 Å². The van der Waals surface area contributed by atoms with Crippen LogP contribution in [0.15, 0.2) is 199 Å². The van der Waals surface area contributed by atoms with Crippen LogP contribution in [0, 0.1) is 0 Å². The maximum absolute atomic E-state index is 6.20. The molecule has 0 N–H and O–H groups in total. The van der Waals surface area contributed by atoms with Crippen molar-refractivity contribution in [3.8, 4) is 67.3 Å². The Balaban J connectivity index is 1.13. The van der Waals surface area contributed by atoms with Crippen LogP contribution in [0.3, 0.4) is 0 Å². The third-order valence-corrected chi connectivity index (χ3v) is 11.9. The number of para-hydroxylation sites is 1. The Morgan fingerprint density at radius 1 is 0.339 bits per heavy atom. The van der Waals surface area contributed by atoms with E-state index in [0.29, 0.717) is 5.82 Å². The zero-order valence-electron chi connectivity index (χ0n) is 30.2. The van der Waals surface area contributed by atoms with Crippen molar-refractivity contribution in [3.05, 3.63) is 194 Å². The monoisotopic (exact) mass is 732 g/mol. The molecule has 0 aliphatic heterocycles. The van der Waals surface area contributed by atoms with Crippen molar-refractivity contribution in [2.75, 3.05) is 0 Å². The molecule has 0 atom stereocenters. The summed E-state index contributed by atoms with van der Waals surface area (Å²) in [5.74, 6) is 0.686. The molecule has 4 heteroatoms. The van der Waals surface area contributed by atoms with Gasteiger partial charge in [-0.2, -0.15) is 0 Å². The smallest absolute Gasteiger partial charge is 0.160 e. The van der Waals surface area contributed by atoms with Crippen LogP contribution in [0.2, 0.25) is 0 Å². The normalized spacial score (nSPS) is 11.6. The fraction of sp³-hybridized carbons (Fsp3) is 0. The molecule has 3 aromatic heterocycles. The molecule has 11 aromatic rings. The molecule has 0 spiro atoms. The van der Waals surface area contributed by atoms with E-state index in [-0.39, 0.29) is 0 Å². The predicted octanol–water partition coefficient (Wildman–Crippen LogP) is 14.7. The van der Waals surface area contributed by atoms with Crippen LogP contribution in [-0.4, -0.2) is 9.97 Å². The Morgan fingerprint density at radius 2 is 0.946 bits per heavy atom. The van der Waals surface area contributed by atoms with Gasteiger partial charge in [0.05, 0.1) is 11.4 Å². The van der Waals surface area contributed by atoms with Gasteiger partial charge in [-0.05, 0) is 76.3 Å². The number of thiophene rings is 1. The minimum atomic E-state index is 0.686. The van der Waals surface area contributed by atoms with Gasteiger partial charge in [0, 0.05) is 53.2 Å². The zero-order chi connectivity index (χ0) is 37.0. The van der Waals surface area contributed by atoms with Crippen molar-refractivity contribution in [3.63, 3.8) is 0 Å². The van der Waals surface area contributed by atoms with Crippen molar-refractivity contribution in [2.24, 2.45) is 0 Å². The molecule has 0 amide bonds. The van der Waals surface area contributed by atoms with Crippen molar-refractivity contribution in [1.29, 1.82) is 0 Å². The minimum Gasteiger partial charge on any atom is -0.456 e. The van der Waals surface area contributed by atoms with E-state index < -0.39 is 0 Å². The fourth-order valence-electron chi connectivity index (χ4n) is 8.00. The fourth-order valence-corrected chi connectivity index (χ4v) is 9.23. The standard InChI is InChI=1S/C52H32N2OS/c1-3-14-33(15-4-1)36-28-37(35-26-27-49-45(31-35)41-20-9-11-24-48(41)55-49)30-38(29-36)46-32-47(54-52(53-46)34-16-5-2-6-17-34)40-19-8-7-18-39(40)43-22-13-23-44-42-21-10-12-25-50(42)56-51(43)44/h1-32H. The van der Waals surface area contributed by atoms with Crippen LogP contribution < -0.4 is 0 Å². The van der Waals surface area contributed by atoms with Crippen molar-refractivity contribution < 1.29 is 4.42 Å². The molecule has 0 aliphatic carbocycles. The van der Waals surface area contributed by atoms with Gasteiger partial charge in [-0.1, -0.05) is 146 Å². The average Bonchev–Trinajstić information content (AvgIpc) is 3.85. The first-order chi connectivity index (χ1) is 27.7. The van der Waals surface area contributed by atoms with E-state index in [1.54, 1.807) is 0 Å². The predicted molar refractivity (Wildman–Crippen MR) is 235 cm³/mol. The lowest BCUT2D eigenvalue weighted by Crippen LogP contribution is -1.97. The summed E-state index contributed by atoms with van der Waals surface area (Å²) in [7, 11) is 0. The summed E-state index contributed by atoms with van der Waals surface area (Å²) in [6.07, 6.45) is 0. The van der Waals surface area contributed by atoms with Gasteiger partial charge in [0.25, 0.3) is 0 Å². The lowest BCUT2D eigenvalue weighted by atomic mass is 9.93. The van der Waals surface area contributed by atoms with Gasteiger partial charge in [-0.15, -0.1) is 11.3 Å². The summed E-state index contributed by atoms with van der Waals surface area (Å²) in [4.78, 5) is 10.6. The van der Waals surface area contributed by atoms with E-state index >= 15 is 0 Å². The highest BCUT2D eigenvalue weighted by Crippen LogP contribution is 2.43. The lowest BCUT2D eigenvalue weighted by Gasteiger charge is -2.15. The second-order valence-corrected chi connectivity index (χ2v) is 15.2. The van der Waals surface area contributed by atoms with Gasteiger partial charge in [0.1, 0.15) is 11.2 Å². The first-order valence-corrected chi connectivity index (χ1v) is 19.6. The number of furan rings is 1. The Morgan fingerprint density at radius 3 is 1.79 bits per heavy atom. The zero-order valence-corrected chi connectivity index (χ0v) is 31.0. The summed E-state index contributed by atoms with van der Waals surface area (Å²) >= 11 is 1.85. The van der Waals surface area contributed by atoms with E-state index in [2.05, 4.69) is 164 Å². The molecule has 0 unspecified atom stereocenters. The Hall–Kier alpha value is -7.14. The quantitative estimate of drug-likeness (QED) is 0.171. The minimum absolute atomic E-state index is 0.686. The van der Waals surface area contributed by atoms with Crippen LogP contribution >= 0.6 is 11.3 Å². The van der Waals surface area contributed by atoms with Crippen LogP contribution in [0.1, 0.15) is 0 Å². The molecule has 56 heavy (non-hydrogen) atoms. The second-order valence-electron chi connectivity index (χ2n) is 14.1. The van der Waals surface area contributed by atoms with Crippen LogP contribution in [0.25, 0.3) is 109 Å². The van der Waals surface area contributed by atoms with Crippen LogP contribution in [0.5, 0.6) is 0 Å². The Kier molecular flexibility index (Phi) is 7.68. The van der Waals surface area contributed by atoms with Gasteiger partial charge >= 0.3 is 0 Å². The second kappa shape index (κ2) is 13.3. The summed E-state index contributed by atoms with van der Waals surface area (Å²) in [5, 5.41) is 4.78. The SMILES string of the molecule is c1ccc(-c2cc(-c3ccc4oc5ccccc5c4c3)cc(-c3cc(-c4ccccc4-c4cccc5c4sc4ccccc45)nc(-c4ccccc4)n3)c2)cc1. The largest absolute Gasteiger partial charge is 0.456 e. The van der Waals surface area contributed by atoms with Crippen molar-refractivity contribution in [1.82, 2.24) is 9.97 Å². The molecule has 3 nitrogen and oxygen atoms in total. The Labute approximate surface area is 327 Å². The number of rotatable bonds is 6. The molecule has 0 aliphatic rings. The summed E-state index contributed by atoms with van der Waals surface area (Å²) < 4.78 is 8.77. The van der Waals surface area contributed by atoms with Crippen LogP contribution in [-0.2, 0) is 0 Å². The van der Waals surface area contributed by atoms with Gasteiger partial charge in [-0.25, -0.2) is 9.97 Å². The number of hydrogen-bond acceptors (Lipinski definition) is 4. The van der Waals surface area contributed by atoms with E-state index in [0.717, 1.165) is 77.8 Å². The highest BCUT2D eigenvalue weighted by Gasteiger charge is 2.18. The molecule has 8 aromatic carbocycles. The van der Waals surface area contributed by atoms with Gasteiger partial charge in [0.2, 0.25) is 0 Å². The number of hydrogen-bond donors (Lipinski definition) is 0. The van der Waals surface area contributed by atoms with E-state index in [1.165, 1.54) is 25.7 Å². The first kappa shape index (κ1) is 32.3. The number of benzene rings is 8. The molecule has 0 saturated heterocycles. The number of aromatic nitrogens is 2. The van der Waals surface area contributed by atoms with E-state index in [4.69, 9.17) is 14.4 Å². The highest BCUT2D eigenvalue weighted by molar-refractivity contribution is 7.26. The summed E-state index contributed by atoms with van der Waals surface area (Å²) in [5.41, 5.74) is 13.4. The third-order valence-electron chi connectivity index (χ3n) is 10.7. The van der Waals surface area contributed by atoms with Crippen molar-refractivity contribution >= 4 is 53.4 Å². The highest BCUT2D eigenvalue weighted by atomic mass is 32.1. The van der Waals surface area contributed by atoms with E-state index in [9.17, 15) is 0 Å². The van der Waals surface area contributed by atoms with Gasteiger partial charge in [0.15, 0.2) is 5.82 Å². The topological polar surface area (TPSA) is 38.9 Å². The molecule has 262 valence electrons. The molecule has 11 rings (SSSR count). The molecule has 0 radical (unpaired) electrons. The van der Waals surface area contributed by atoms with Crippen molar-refractivity contribution in [2.45, 2.75) is 0 Å². The first-order valence-electron chi connectivity index (χ1n) is 18.8. The average molecular weight is 733 g/mol. The molecule has 0 fully saturated rings. The Bertz CT molecular complexity index is 3250. The third kappa shape index (κ3) is 5.58. The lowest BCUT2D eigenvalue weighted by molar-refractivity contribution is 0.669. The number of fused-ring (bicyclic) bond motifs is 6. The number of nitrogens with zero attached hydrogens (tertiary/aromatic N) is 2. The molecular formula is C52H32N2OS. The maximum Gasteiger partial charge on any atom is 0.160 e.